The Morgan fingerprint density at radius 3 is 2.72 bits per heavy atom. The van der Waals surface area contributed by atoms with E-state index < -0.39 is 0 Å². The summed E-state index contributed by atoms with van der Waals surface area (Å²) in [5.74, 6) is 0. The van der Waals surface area contributed by atoms with Crippen molar-refractivity contribution in [1.82, 2.24) is 4.98 Å². The van der Waals surface area contributed by atoms with Gasteiger partial charge in [-0.05, 0) is 36.2 Å². The number of benzene rings is 2. The molecule has 0 saturated heterocycles. The zero-order chi connectivity index (χ0) is 12.5. The summed E-state index contributed by atoms with van der Waals surface area (Å²) < 4.78 is 1.23. The standard InChI is InChI=1S/C16H13NS/c1-3-12-8-9-13(10-11(12)2)16-17-14-6-4-5-7-15(14)18-16/h3-10H,1H2,2H3. The highest BCUT2D eigenvalue weighted by atomic mass is 32.1. The lowest BCUT2D eigenvalue weighted by atomic mass is 10.1. The second-order valence-electron chi connectivity index (χ2n) is 4.26. The number of fused-ring (bicyclic) bond motifs is 1. The monoisotopic (exact) mass is 251 g/mol. The number of aryl methyl sites for hydroxylation is 1. The second kappa shape index (κ2) is 4.39. The Kier molecular flexibility index (Phi) is 2.73. The maximum absolute atomic E-state index is 4.67. The Balaban J connectivity index is 2.14. The van der Waals surface area contributed by atoms with Gasteiger partial charge in [-0.1, -0.05) is 36.9 Å². The van der Waals surface area contributed by atoms with Crippen LogP contribution in [0.4, 0.5) is 0 Å². The van der Waals surface area contributed by atoms with Crippen molar-refractivity contribution in [1.29, 1.82) is 0 Å². The lowest BCUT2D eigenvalue weighted by molar-refractivity contribution is 1.42. The number of para-hydroxylation sites is 1. The summed E-state index contributed by atoms with van der Waals surface area (Å²) in [6.07, 6.45) is 1.89. The third-order valence-corrected chi connectivity index (χ3v) is 4.12. The lowest BCUT2D eigenvalue weighted by Gasteiger charge is -2.02. The van der Waals surface area contributed by atoms with Crippen molar-refractivity contribution in [3.8, 4) is 10.6 Å². The van der Waals surface area contributed by atoms with E-state index in [2.05, 4.69) is 54.9 Å². The van der Waals surface area contributed by atoms with Crippen LogP contribution >= 0.6 is 11.3 Å². The highest BCUT2D eigenvalue weighted by Crippen LogP contribution is 2.31. The van der Waals surface area contributed by atoms with Crippen molar-refractivity contribution >= 4 is 27.6 Å². The Labute approximate surface area is 110 Å². The first-order chi connectivity index (χ1) is 8.78. The minimum absolute atomic E-state index is 1.07. The van der Waals surface area contributed by atoms with Gasteiger partial charge in [0.1, 0.15) is 5.01 Å². The summed E-state index contributed by atoms with van der Waals surface area (Å²) in [6, 6.07) is 14.6. The van der Waals surface area contributed by atoms with Gasteiger partial charge in [-0.2, -0.15) is 0 Å². The molecule has 2 aromatic carbocycles. The first-order valence-corrected chi connectivity index (χ1v) is 6.68. The molecule has 18 heavy (non-hydrogen) atoms. The smallest absolute Gasteiger partial charge is 0.124 e. The molecule has 0 bridgehead atoms. The van der Waals surface area contributed by atoms with Crippen LogP contribution in [-0.2, 0) is 0 Å². The van der Waals surface area contributed by atoms with Crippen LogP contribution in [-0.4, -0.2) is 4.98 Å². The van der Waals surface area contributed by atoms with Crippen LogP contribution in [0.3, 0.4) is 0 Å². The van der Waals surface area contributed by atoms with E-state index in [-0.39, 0.29) is 0 Å². The van der Waals surface area contributed by atoms with Crippen molar-refractivity contribution in [2.45, 2.75) is 6.92 Å². The van der Waals surface area contributed by atoms with Crippen LogP contribution in [0.25, 0.3) is 26.9 Å². The molecule has 3 aromatic rings. The SMILES string of the molecule is C=Cc1ccc(-c2nc3ccccc3s2)cc1C. The Morgan fingerprint density at radius 1 is 1.17 bits per heavy atom. The van der Waals surface area contributed by atoms with E-state index in [1.807, 2.05) is 12.1 Å². The molecule has 0 fully saturated rings. The fraction of sp³-hybridized carbons (Fsp3) is 0.0625. The van der Waals surface area contributed by atoms with E-state index in [0.29, 0.717) is 0 Å². The first-order valence-electron chi connectivity index (χ1n) is 5.87. The maximum Gasteiger partial charge on any atom is 0.124 e. The number of hydrogen-bond donors (Lipinski definition) is 0. The van der Waals surface area contributed by atoms with Crippen LogP contribution in [0.1, 0.15) is 11.1 Å². The summed E-state index contributed by atoms with van der Waals surface area (Å²) in [5.41, 5.74) is 4.67. The molecule has 0 radical (unpaired) electrons. The maximum atomic E-state index is 4.67. The first kappa shape index (κ1) is 11.2. The molecule has 0 spiro atoms. The average molecular weight is 251 g/mol. The average Bonchev–Trinajstić information content (AvgIpc) is 2.82. The highest BCUT2D eigenvalue weighted by Gasteiger charge is 2.06. The van der Waals surface area contributed by atoms with Gasteiger partial charge in [-0.25, -0.2) is 4.98 Å². The molecule has 1 heterocycles. The molecule has 0 unspecified atom stereocenters. The van der Waals surface area contributed by atoms with E-state index in [1.165, 1.54) is 21.4 Å². The Hall–Kier alpha value is -1.93. The van der Waals surface area contributed by atoms with E-state index in [9.17, 15) is 0 Å². The van der Waals surface area contributed by atoms with Crippen LogP contribution in [0.2, 0.25) is 0 Å². The number of thiazole rings is 1. The molecule has 2 heteroatoms. The second-order valence-corrected chi connectivity index (χ2v) is 5.29. The predicted molar refractivity (Wildman–Crippen MR) is 79.9 cm³/mol. The minimum atomic E-state index is 1.07. The van der Waals surface area contributed by atoms with Crippen LogP contribution in [0.5, 0.6) is 0 Å². The zero-order valence-corrected chi connectivity index (χ0v) is 11.0. The number of hydrogen-bond acceptors (Lipinski definition) is 2. The van der Waals surface area contributed by atoms with E-state index in [0.717, 1.165) is 10.5 Å². The molecule has 0 N–H and O–H groups in total. The molecule has 0 aliphatic rings. The topological polar surface area (TPSA) is 12.9 Å². The van der Waals surface area contributed by atoms with Crippen molar-refractivity contribution in [2.75, 3.05) is 0 Å². The molecule has 0 aliphatic carbocycles. The number of nitrogens with zero attached hydrogens (tertiary/aromatic N) is 1. The fourth-order valence-corrected chi connectivity index (χ4v) is 3.00. The van der Waals surface area contributed by atoms with Crippen LogP contribution in [0.15, 0.2) is 49.0 Å². The van der Waals surface area contributed by atoms with Crippen molar-refractivity contribution in [3.05, 3.63) is 60.2 Å². The van der Waals surface area contributed by atoms with E-state index >= 15 is 0 Å². The molecule has 0 aliphatic heterocycles. The summed E-state index contributed by atoms with van der Waals surface area (Å²) >= 11 is 1.74. The molecular weight excluding hydrogens is 238 g/mol. The minimum Gasteiger partial charge on any atom is -0.236 e. The molecule has 1 aromatic heterocycles. The molecule has 0 atom stereocenters. The molecule has 3 rings (SSSR count). The fourth-order valence-electron chi connectivity index (χ4n) is 2.03. The molecular formula is C16H13NS. The number of aromatic nitrogens is 1. The molecule has 1 nitrogen and oxygen atoms in total. The van der Waals surface area contributed by atoms with Crippen molar-refractivity contribution in [2.24, 2.45) is 0 Å². The lowest BCUT2D eigenvalue weighted by Crippen LogP contribution is -1.82. The molecule has 88 valence electrons. The van der Waals surface area contributed by atoms with Gasteiger partial charge in [-0.15, -0.1) is 11.3 Å². The summed E-state index contributed by atoms with van der Waals surface area (Å²) in [6.45, 7) is 5.92. The van der Waals surface area contributed by atoms with Gasteiger partial charge in [0, 0.05) is 5.56 Å². The third-order valence-electron chi connectivity index (χ3n) is 3.03. The van der Waals surface area contributed by atoms with Gasteiger partial charge in [0.15, 0.2) is 0 Å². The molecule has 0 saturated carbocycles. The van der Waals surface area contributed by atoms with Gasteiger partial charge < -0.3 is 0 Å². The molecule has 0 amide bonds. The van der Waals surface area contributed by atoms with Crippen molar-refractivity contribution < 1.29 is 0 Å². The van der Waals surface area contributed by atoms with Crippen molar-refractivity contribution in [3.63, 3.8) is 0 Å². The normalized spacial score (nSPS) is 10.7. The van der Waals surface area contributed by atoms with Crippen LogP contribution in [0, 0.1) is 6.92 Å². The summed E-state index contributed by atoms with van der Waals surface area (Å²) in [5, 5.41) is 1.08. The van der Waals surface area contributed by atoms with Gasteiger partial charge >= 0.3 is 0 Å². The van der Waals surface area contributed by atoms with E-state index in [1.54, 1.807) is 11.3 Å². The summed E-state index contributed by atoms with van der Waals surface area (Å²) in [7, 11) is 0. The number of rotatable bonds is 2. The predicted octanol–water partition coefficient (Wildman–Crippen LogP) is 4.91. The van der Waals surface area contributed by atoms with Gasteiger partial charge in [0.25, 0.3) is 0 Å². The highest BCUT2D eigenvalue weighted by molar-refractivity contribution is 7.21. The Bertz CT molecular complexity index is 692. The summed E-state index contributed by atoms with van der Waals surface area (Å²) in [4.78, 5) is 4.67. The van der Waals surface area contributed by atoms with Gasteiger partial charge in [0.05, 0.1) is 10.2 Å². The van der Waals surface area contributed by atoms with Crippen LogP contribution < -0.4 is 0 Å². The third kappa shape index (κ3) is 1.85. The zero-order valence-electron chi connectivity index (χ0n) is 10.2. The van der Waals surface area contributed by atoms with Gasteiger partial charge in [-0.3, -0.25) is 0 Å². The Morgan fingerprint density at radius 2 is 2.00 bits per heavy atom. The largest absolute Gasteiger partial charge is 0.236 e. The quantitative estimate of drug-likeness (QED) is 0.630. The van der Waals surface area contributed by atoms with Gasteiger partial charge in [0.2, 0.25) is 0 Å². The van der Waals surface area contributed by atoms with E-state index in [4.69, 9.17) is 0 Å².